The number of anilines is 1. The van der Waals surface area contributed by atoms with Gasteiger partial charge in [-0.05, 0) is 24.8 Å². The van der Waals surface area contributed by atoms with Crippen molar-refractivity contribution in [3.63, 3.8) is 0 Å². The number of alkyl halides is 5. The highest BCUT2D eigenvalue weighted by Gasteiger charge is 2.64. The SMILES string of the molecule is Cc1c(C(C)(F)F)nn(CC2(C)CC2C(F)(F)F)c1C(=O)Nc1ccnc(S(N)(=O)=O)c1. The zero-order valence-corrected chi connectivity index (χ0v) is 18.0. The Morgan fingerprint density at radius 2 is 1.97 bits per heavy atom. The van der Waals surface area contributed by atoms with Gasteiger partial charge in [0, 0.05) is 37.0 Å². The average molecular weight is 481 g/mol. The molecule has 2 aromatic heterocycles. The van der Waals surface area contributed by atoms with E-state index >= 15 is 0 Å². The maximum absolute atomic E-state index is 14.0. The van der Waals surface area contributed by atoms with E-state index in [1.807, 2.05) is 0 Å². The molecule has 1 amide bonds. The van der Waals surface area contributed by atoms with Gasteiger partial charge in [0.25, 0.3) is 21.9 Å². The lowest BCUT2D eigenvalue weighted by molar-refractivity contribution is -0.156. The maximum atomic E-state index is 14.0. The topological polar surface area (TPSA) is 120 Å². The molecule has 0 saturated heterocycles. The fourth-order valence-electron chi connectivity index (χ4n) is 3.64. The van der Waals surface area contributed by atoms with Gasteiger partial charge >= 0.3 is 6.18 Å². The number of aromatic nitrogens is 3. The third-order valence-corrected chi connectivity index (χ3v) is 6.17. The Kier molecular flexibility index (Phi) is 5.61. The van der Waals surface area contributed by atoms with Gasteiger partial charge in [-0.3, -0.25) is 9.48 Å². The van der Waals surface area contributed by atoms with Gasteiger partial charge < -0.3 is 5.32 Å². The molecule has 32 heavy (non-hydrogen) atoms. The van der Waals surface area contributed by atoms with Gasteiger partial charge in [-0.2, -0.15) is 27.1 Å². The fraction of sp³-hybridized carbons (Fsp3) is 0.500. The van der Waals surface area contributed by atoms with Gasteiger partial charge in [-0.1, -0.05) is 6.92 Å². The van der Waals surface area contributed by atoms with E-state index in [2.05, 4.69) is 15.4 Å². The molecule has 1 fully saturated rings. The Labute approximate surface area is 180 Å². The Bertz CT molecular complexity index is 1170. The van der Waals surface area contributed by atoms with E-state index in [0.717, 1.165) is 16.9 Å². The highest BCUT2D eigenvalue weighted by atomic mass is 32.2. The largest absolute Gasteiger partial charge is 0.392 e. The first kappa shape index (κ1) is 24.0. The molecule has 2 atom stereocenters. The molecule has 1 aliphatic carbocycles. The fourth-order valence-corrected chi connectivity index (χ4v) is 4.14. The van der Waals surface area contributed by atoms with E-state index < -0.39 is 56.6 Å². The van der Waals surface area contributed by atoms with Gasteiger partial charge in [0.15, 0.2) is 5.03 Å². The molecule has 2 heterocycles. The van der Waals surface area contributed by atoms with Crippen LogP contribution in [0.5, 0.6) is 0 Å². The number of carbonyl (C=O) groups excluding carboxylic acids is 1. The summed E-state index contributed by atoms with van der Waals surface area (Å²) in [5, 5.41) is 10.5. The summed E-state index contributed by atoms with van der Waals surface area (Å²) in [5.74, 6) is -6.04. The van der Waals surface area contributed by atoms with Crippen LogP contribution in [0, 0.1) is 18.3 Å². The van der Waals surface area contributed by atoms with Crippen molar-refractivity contribution in [2.75, 3.05) is 5.32 Å². The number of hydrogen-bond acceptors (Lipinski definition) is 5. The van der Waals surface area contributed by atoms with Crippen LogP contribution in [0.25, 0.3) is 0 Å². The number of primary sulfonamides is 1. The number of sulfonamides is 1. The Morgan fingerprint density at radius 3 is 2.47 bits per heavy atom. The predicted octanol–water partition coefficient (Wildman–Crippen LogP) is 3.19. The minimum absolute atomic E-state index is 0.0585. The zero-order valence-electron chi connectivity index (χ0n) is 17.2. The van der Waals surface area contributed by atoms with Crippen LogP contribution in [-0.4, -0.2) is 35.3 Å². The molecule has 2 unspecified atom stereocenters. The van der Waals surface area contributed by atoms with Gasteiger partial charge in [0.05, 0.1) is 5.92 Å². The molecule has 3 N–H and O–H groups in total. The molecular weight excluding hydrogens is 461 g/mol. The lowest BCUT2D eigenvalue weighted by Crippen LogP contribution is -2.24. The Hall–Kier alpha value is -2.61. The molecule has 14 heteroatoms. The molecule has 2 aromatic rings. The van der Waals surface area contributed by atoms with E-state index in [0.29, 0.717) is 6.92 Å². The van der Waals surface area contributed by atoms with Crippen molar-refractivity contribution in [2.45, 2.75) is 50.9 Å². The van der Waals surface area contributed by atoms with Crippen molar-refractivity contribution in [2.24, 2.45) is 16.5 Å². The number of rotatable bonds is 6. The lowest BCUT2D eigenvalue weighted by Gasteiger charge is -2.16. The van der Waals surface area contributed by atoms with Crippen LogP contribution in [-0.2, 0) is 22.5 Å². The smallest absolute Gasteiger partial charge is 0.321 e. The minimum atomic E-state index is -4.46. The van der Waals surface area contributed by atoms with Crippen LogP contribution in [0.1, 0.15) is 42.0 Å². The molecule has 0 bridgehead atoms. The van der Waals surface area contributed by atoms with Crippen molar-refractivity contribution in [3.8, 4) is 0 Å². The van der Waals surface area contributed by atoms with E-state index in [1.54, 1.807) is 0 Å². The standard InChI is InChI=1S/C18H20F5N5O3S/c1-9-13(15(29)26-10-4-5-25-12(6-10)32(24,30)31)28(27-14(9)17(3,19)20)8-16(2)7-11(16)18(21,22)23/h4-6,11H,7-8H2,1-3H3,(H2,24,30,31)(H,25,26,29). The second-order valence-electron chi connectivity index (χ2n) is 8.20. The maximum Gasteiger partial charge on any atom is 0.392 e. The number of amides is 1. The van der Waals surface area contributed by atoms with Gasteiger partial charge in [-0.15, -0.1) is 0 Å². The normalized spacial score (nSPS) is 21.5. The Morgan fingerprint density at radius 1 is 1.34 bits per heavy atom. The van der Waals surface area contributed by atoms with E-state index in [9.17, 15) is 35.2 Å². The summed E-state index contributed by atoms with van der Waals surface area (Å²) in [4.78, 5) is 16.5. The number of hydrogen-bond donors (Lipinski definition) is 2. The zero-order chi connectivity index (χ0) is 24.3. The highest BCUT2D eigenvalue weighted by molar-refractivity contribution is 7.89. The van der Waals surface area contributed by atoms with Crippen molar-refractivity contribution < 1.29 is 35.2 Å². The third kappa shape index (κ3) is 4.75. The van der Waals surface area contributed by atoms with Crippen molar-refractivity contribution in [1.82, 2.24) is 14.8 Å². The number of nitrogens with one attached hydrogen (secondary N) is 1. The molecule has 0 aliphatic heterocycles. The van der Waals surface area contributed by atoms with Crippen LogP contribution in [0.4, 0.5) is 27.6 Å². The lowest BCUT2D eigenvalue weighted by atomic mass is 10.1. The molecule has 0 spiro atoms. The molecular formula is C18H20F5N5O3S. The monoisotopic (exact) mass is 481 g/mol. The van der Waals surface area contributed by atoms with Crippen LogP contribution in [0.2, 0.25) is 0 Å². The number of pyridine rings is 1. The number of nitrogens with two attached hydrogens (primary N) is 1. The van der Waals surface area contributed by atoms with Crippen LogP contribution in [0.15, 0.2) is 23.4 Å². The first-order valence-electron chi connectivity index (χ1n) is 9.26. The van der Waals surface area contributed by atoms with Crippen LogP contribution in [0.3, 0.4) is 0 Å². The van der Waals surface area contributed by atoms with Crippen LogP contribution < -0.4 is 10.5 Å². The summed E-state index contributed by atoms with van der Waals surface area (Å²) in [6.07, 6.45) is -3.63. The van der Waals surface area contributed by atoms with Crippen molar-refractivity contribution >= 4 is 21.6 Å². The van der Waals surface area contributed by atoms with Gasteiger partial charge in [-0.25, -0.2) is 18.5 Å². The number of nitrogens with zero attached hydrogens (tertiary/aromatic N) is 3. The summed E-state index contributed by atoms with van der Waals surface area (Å²) in [6.45, 7) is 2.71. The van der Waals surface area contributed by atoms with Crippen molar-refractivity contribution in [3.05, 3.63) is 35.3 Å². The quantitative estimate of drug-likeness (QED) is 0.614. The highest BCUT2D eigenvalue weighted by Crippen LogP contribution is 2.61. The first-order valence-corrected chi connectivity index (χ1v) is 10.8. The van der Waals surface area contributed by atoms with E-state index in [-0.39, 0.29) is 23.4 Å². The summed E-state index contributed by atoms with van der Waals surface area (Å²) in [6, 6.07) is 2.19. The molecule has 0 aromatic carbocycles. The summed E-state index contributed by atoms with van der Waals surface area (Å²) in [7, 11) is -4.18. The average Bonchev–Trinajstić information content (AvgIpc) is 3.18. The second kappa shape index (κ2) is 7.47. The Balaban J connectivity index is 1.98. The van der Waals surface area contributed by atoms with E-state index in [4.69, 9.17) is 5.14 Å². The molecule has 3 rings (SSSR count). The van der Waals surface area contributed by atoms with Gasteiger partial charge in [0.1, 0.15) is 11.4 Å². The predicted molar refractivity (Wildman–Crippen MR) is 102 cm³/mol. The molecule has 0 radical (unpaired) electrons. The third-order valence-electron chi connectivity index (χ3n) is 5.36. The summed E-state index contributed by atoms with van der Waals surface area (Å²) >= 11 is 0. The number of carbonyl (C=O) groups is 1. The molecule has 1 saturated carbocycles. The summed E-state index contributed by atoms with van der Waals surface area (Å²) < 4.78 is 91.1. The van der Waals surface area contributed by atoms with Crippen molar-refractivity contribution in [1.29, 1.82) is 0 Å². The van der Waals surface area contributed by atoms with Crippen LogP contribution >= 0.6 is 0 Å². The summed E-state index contributed by atoms with van der Waals surface area (Å²) in [5.41, 5.74) is -2.66. The molecule has 1 aliphatic rings. The first-order chi connectivity index (χ1) is 14.4. The minimum Gasteiger partial charge on any atom is -0.321 e. The van der Waals surface area contributed by atoms with Gasteiger partial charge in [0.2, 0.25) is 0 Å². The second-order valence-corrected chi connectivity index (χ2v) is 9.71. The van der Waals surface area contributed by atoms with E-state index in [1.165, 1.54) is 19.9 Å². The number of halogens is 5. The molecule has 8 nitrogen and oxygen atoms in total. The molecule has 176 valence electrons.